The molecule has 0 atom stereocenters. The summed E-state index contributed by atoms with van der Waals surface area (Å²) in [5.41, 5.74) is 5.26. The summed E-state index contributed by atoms with van der Waals surface area (Å²) in [6.07, 6.45) is 0. The first kappa shape index (κ1) is 12.5. The molecule has 1 aromatic heterocycles. The van der Waals surface area contributed by atoms with Crippen LogP contribution in [0.5, 0.6) is 0 Å². The molecule has 0 amide bonds. The molecule has 3 nitrogen and oxygen atoms in total. The first-order valence-corrected chi connectivity index (χ1v) is 5.18. The van der Waals surface area contributed by atoms with Crippen LogP contribution in [0.25, 0.3) is 0 Å². The van der Waals surface area contributed by atoms with E-state index in [1.54, 1.807) is 0 Å². The minimum atomic E-state index is -1.08. The van der Waals surface area contributed by atoms with E-state index in [0.29, 0.717) is 12.1 Å². The zero-order valence-corrected chi connectivity index (χ0v) is 9.60. The highest BCUT2D eigenvalue weighted by Crippen LogP contribution is 2.25. The third-order valence-electron chi connectivity index (χ3n) is 2.08. The van der Waals surface area contributed by atoms with Gasteiger partial charge >= 0.3 is 0 Å². The third kappa shape index (κ3) is 2.65. The van der Waals surface area contributed by atoms with E-state index in [1.165, 1.54) is 12.1 Å². The van der Waals surface area contributed by atoms with E-state index in [-0.39, 0.29) is 16.7 Å². The molecule has 0 fully saturated rings. The van der Waals surface area contributed by atoms with Crippen LogP contribution in [0.2, 0.25) is 5.15 Å². The molecule has 0 unspecified atom stereocenters. The van der Waals surface area contributed by atoms with Crippen molar-refractivity contribution >= 4 is 28.8 Å². The number of nitrogens with zero attached hydrogens (tertiary/aromatic N) is 1. The minimum Gasteiger partial charge on any atom is -0.399 e. The number of hydrogen-bond donors (Lipinski definition) is 2. The molecular formula is C11H7ClF3N3. The maximum Gasteiger partial charge on any atom is 0.152 e. The lowest BCUT2D eigenvalue weighted by atomic mass is 10.2. The number of hydrogen-bond acceptors (Lipinski definition) is 3. The molecule has 0 spiro atoms. The molecule has 1 aromatic carbocycles. The van der Waals surface area contributed by atoms with E-state index >= 15 is 0 Å². The summed E-state index contributed by atoms with van der Waals surface area (Å²) in [6.45, 7) is 0. The SMILES string of the molecule is Nc1cc(Cl)nc(Nc2c(F)cc(F)cc2F)c1. The molecule has 0 aliphatic rings. The highest BCUT2D eigenvalue weighted by atomic mass is 35.5. The maximum atomic E-state index is 13.4. The van der Waals surface area contributed by atoms with Crippen molar-refractivity contribution in [1.82, 2.24) is 4.98 Å². The third-order valence-corrected chi connectivity index (χ3v) is 2.27. The average molecular weight is 274 g/mol. The first-order valence-electron chi connectivity index (χ1n) is 4.80. The average Bonchev–Trinajstić information content (AvgIpc) is 2.22. The Bertz CT molecular complexity index is 561. The van der Waals surface area contributed by atoms with E-state index in [4.69, 9.17) is 17.3 Å². The zero-order chi connectivity index (χ0) is 13.3. The monoisotopic (exact) mass is 273 g/mol. The van der Waals surface area contributed by atoms with Gasteiger partial charge in [-0.2, -0.15) is 0 Å². The van der Waals surface area contributed by atoms with Crippen molar-refractivity contribution in [3.8, 4) is 0 Å². The fourth-order valence-electron chi connectivity index (χ4n) is 1.37. The van der Waals surface area contributed by atoms with Gasteiger partial charge in [0.05, 0.1) is 0 Å². The molecule has 0 radical (unpaired) electrons. The van der Waals surface area contributed by atoms with Gasteiger partial charge in [0, 0.05) is 23.9 Å². The van der Waals surface area contributed by atoms with E-state index in [9.17, 15) is 13.2 Å². The van der Waals surface area contributed by atoms with E-state index in [0.717, 1.165) is 0 Å². The van der Waals surface area contributed by atoms with Crippen molar-refractivity contribution in [2.75, 3.05) is 11.1 Å². The van der Waals surface area contributed by atoms with Gasteiger partial charge in [-0.1, -0.05) is 11.6 Å². The van der Waals surface area contributed by atoms with Crippen molar-refractivity contribution in [2.24, 2.45) is 0 Å². The summed E-state index contributed by atoms with van der Waals surface area (Å²) in [4.78, 5) is 3.78. The summed E-state index contributed by atoms with van der Waals surface area (Å²) < 4.78 is 39.4. The predicted molar refractivity (Wildman–Crippen MR) is 63.3 cm³/mol. The van der Waals surface area contributed by atoms with Crippen LogP contribution in [0, 0.1) is 17.5 Å². The van der Waals surface area contributed by atoms with Crippen molar-refractivity contribution in [2.45, 2.75) is 0 Å². The lowest BCUT2D eigenvalue weighted by Gasteiger charge is -2.09. The molecule has 0 aliphatic heterocycles. The smallest absolute Gasteiger partial charge is 0.152 e. The Morgan fingerprint density at radius 2 is 1.67 bits per heavy atom. The van der Waals surface area contributed by atoms with Gasteiger partial charge in [0.1, 0.15) is 22.5 Å². The number of aromatic nitrogens is 1. The molecule has 2 aromatic rings. The van der Waals surface area contributed by atoms with Crippen molar-refractivity contribution in [1.29, 1.82) is 0 Å². The van der Waals surface area contributed by atoms with Gasteiger partial charge in [0.2, 0.25) is 0 Å². The lowest BCUT2D eigenvalue weighted by Crippen LogP contribution is -2.01. The minimum absolute atomic E-state index is 0.0596. The first-order chi connectivity index (χ1) is 8.45. The van der Waals surface area contributed by atoms with Gasteiger partial charge in [-0.25, -0.2) is 18.2 Å². The molecule has 7 heteroatoms. The van der Waals surface area contributed by atoms with Crippen LogP contribution in [-0.2, 0) is 0 Å². The van der Waals surface area contributed by atoms with Crippen molar-refractivity contribution in [3.63, 3.8) is 0 Å². The van der Waals surface area contributed by atoms with E-state index in [2.05, 4.69) is 10.3 Å². The Labute approximate surface area is 105 Å². The summed E-state index contributed by atoms with van der Waals surface area (Å²) in [6, 6.07) is 3.83. The molecule has 2 rings (SSSR count). The molecular weight excluding hydrogens is 267 g/mol. The van der Waals surface area contributed by atoms with Crippen LogP contribution >= 0.6 is 11.6 Å². The van der Waals surface area contributed by atoms with Gasteiger partial charge in [-0.3, -0.25) is 0 Å². The molecule has 0 bridgehead atoms. The molecule has 1 heterocycles. The Hall–Kier alpha value is -1.95. The topological polar surface area (TPSA) is 50.9 Å². The van der Waals surface area contributed by atoms with Crippen LogP contribution in [0.15, 0.2) is 24.3 Å². The molecule has 3 N–H and O–H groups in total. The van der Waals surface area contributed by atoms with Gasteiger partial charge in [-0.15, -0.1) is 0 Å². The van der Waals surface area contributed by atoms with Crippen molar-refractivity contribution in [3.05, 3.63) is 46.9 Å². The second-order valence-electron chi connectivity index (χ2n) is 3.48. The number of nitrogen functional groups attached to an aromatic ring is 1. The standard InChI is InChI=1S/C11H7ClF3N3/c12-9-3-6(16)4-10(17-9)18-11-7(14)1-5(13)2-8(11)15/h1-4H,(H3,16,17,18). The second kappa shape index (κ2) is 4.73. The lowest BCUT2D eigenvalue weighted by molar-refractivity contribution is 0.549. The zero-order valence-electron chi connectivity index (χ0n) is 8.85. The van der Waals surface area contributed by atoms with Crippen LogP contribution < -0.4 is 11.1 Å². The van der Waals surface area contributed by atoms with Crippen molar-refractivity contribution < 1.29 is 13.2 Å². The molecule has 0 aliphatic carbocycles. The molecule has 94 valence electrons. The Kier molecular flexibility index (Phi) is 3.29. The van der Waals surface area contributed by atoms with E-state index < -0.39 is 23.1 Å². The fourth-order valence-corrected chi connectivity index (χ4v) is 1.59. The highest BCUT2D eigenvalue weighted by molar-refractivity contribution is 6.29. The summed E-state index contributed by atoms with van der Waals surface area (Å²) in [5.74, 6) is -3.10. The number of pyridine rings is 1. The van der Waals surface area contributed by atoms with Gasteiger partial charge in [0.15, 0.2) is 11.6 Å². The Balaban J connectivity index is 2.40. The maximum absolute atomic E-state index is 13.4. The quantitative estimate of drug-likeness (QED) is 0.824. The Morgan fingerprint density at radius 3 is 2.22 bits per heavy atom. The number of nitrogens with one attached hydrogen (secondary N) is 1. The fraction of sp³-hybridized carbons (Fsp3) is 0. The highest BCUT2D eigenvalue weighted by Gasteiger charge is 2.12. The normalized spacial score (nSPS) is 10.4. The molecule has 0 saturated carbocycles. The van der Waals surface area contributed by atoms with Gasteiger partial charge < -0.3 is 11.1 Å². The Morgan fingerprint density at radius 1 is 1.06 bits per heavy atom. The number of nitrogens with two attached hydrogens (primary N) is 1. The van der Waals surface area contributed by atoms with Crippen LogP contribution in [-0.4, -0.2) is 4.98 Å². The predicted octanol–water partition coefficient (Wildman–Crippen LogP) is 3.48. The number of rotatable bonds is 2. The van der Waals surface area contributed by atoms with Crippen LogP contribution in [0.1, 0.15) is 0 Å². The summed E-state index contributed by atoms with van der Waals surface area (Å²) in [7, 11) is 0. The van der Waals surface area contributed by atoms with Gasteiger partial charge in [-0.05, 0) is 6.07 Å². The molecule has 18 heavy (non-hydrogen) atoms. The number of halogens is 4. The molecule has 0 saturated heterocycles. The van der Waals surface area contributed by atoms with E-state index in [1.807, 2.05) is 0 Å². The number of anilines is 3. The number of benzene rings is 1. The van der Waals surface area contributed by atoms with Crippen LogP contribution in [0.3, 0.4) is 0 Å². The summed E-state index contributed by atoms with van der Waals surface area (Å²) >= 11 is 5.64. The van der Waals surface area contributed by atoms with Crippen LogP contribution in [0.4, 0.5) is 30.4 Å². The second-order valence-corrected chi connectivity index (χ2v) is 3.87. The van der Waals surface area contributed by atoms with Gasteiger partial charge in [0.25, 0.3) is 0 Å². The summed E-state index contributed by atoms with van der Waals surface area (Å²) in [5, 5.41) is 2.43. The largest absolute Gasteiger partial charge is 0.399 e.